The van der Waals surface area contributed by atoms with E-state index in [9.17, 15) is 4.79 Å². The van der Waals surface area contributed by atoms with Gasteiger partial charge >= 0.3 is 5.97 Å². The molecule has 0 fully saturated rings. The largest absolute Gasteiger partial charge is 0.463 e. The molecule has 130 valence electrons. The number of carbonyl (C=O) groups excluding carboxylic acids is 1. The number of carbonyl (C=O) groups is 1. The third-order valence-corrected chi connectivity index (χ3v) is 4.63. The van der Waals surface area contributed by atoms with E-state index < -0.39 is 11.9 Å². The number of halogens is 1. The van der Waals surface area contributed by atoms with E-state index >= 15 is 0 Å². The van der Waals surface area contributed by atoms with E-state index in [2.05, 4.69) is 9.97 Å². The molecule has 0 radical (unpaired) electrons. The van der Waals surface area contributed by atoms with Gasteiger partial charge in [0, 0.05) is 5.02 Å². The second-order valence-corrected chi connectivity index (χ2v) is 6.68. The molecule has 1 atom stereocenters. The lowest BCUT2D eigenvalue weighted by atomic mass is 9.84. The van der Waals surface area contributed by atoms with E-state index in [4.69, 9.17) is 45.5 Å². The number of nitrogens with one attached hydrogen (secondary N) is 2. The Labute approximate surface area is 159 Å². The van der Waals surface area contributed by atoms with Gasteiger partial charge in [0.05, 0.1) is 23.7 Å². The van der Waals surface area contributed by atoms with Gasteiger partial charge in [-0.25, -0.2) is 4.79 Å². The fraction of sp³-hybridized carbons (Fsp3) is 0.235. The van der Waals surface area contributed by atoms with Gasteiger partial charge in [0.1, 0.15) is 10.4 Å². The fourth-order valence-electron chi connectivity index (χ4n) is 2.83. The number of ether oxygens (including phenoxy) is 2. The van der Waals surface area contributed by atoms with E-state index in [1.165, 1.54) is 0 Å². The molecular weight excluding hydrogens is 380 g/mol. The maximum atomic E-state index is 12.6. The Morgan fingerprint density at radius 2 is 1.96 bits per heavy atom. The Bertz CT molecular complexity index is 977. The molecule has 0 bridgehead atoms. The van der Waals surface area contributed by atoms with Gasteiger partial charge in [0.15, 0.2) is 4.77 Å². The Balaban J connectivity index is 2.27. The predicted molar refractivity (Wildman–Crippen MR) is 100 cm³/mol. The number of benzene rings is 1. The van der Waals surface area contributed by atoms with Crippen LogP contribution in [-0.4, -0.2) is 22.5 Å². The highest BCUT2D eigenvalue weighted by atomic mass is 35.5. The highest BCUT2D eigenvalue weighted by Gasteiger charge is 2.36. The predicted octanol–water partition coefficient (Wildman–Crippen LogP) is 4.82. The van der Waals surface area contributed by atoms with Crippen molar-refractivity contribution < 1.29 is 14.3 Å². The Kier molecular flexibility index (Phi) is 5.08. The van der Waals surface area contributed by atoms with E-state index in [-0.39, 0.29) is 6.61 Å². The Morgan fingerprint density at radius 3 is 2.60 bits per heavy atom. The molecule has 1 aromatic heterocycles. The molecule has 2 aromatic rings. The molecule has 0 aliphatic carbocycles. The van der Waals surface area contributed by atoms with Crippen molar-refractivity contribution in [3.63, 3.8) is 0 Å². The zero-order valence-corrected chi connectivity index (χ0v) is 15.9. The van der Waals surface area contributed by atoms with E-state index in [1.54, 1.807) is 26.0 Å². The summed E-state index contributed by atoms with van der Waals surface area (Å²) < 4.78 is 11.8. The quantitative estimate of drug-likeness (QED) is 0.577. The van der Waals surface area contributed by atoms with Gasteiger partial charge in [-0.05, 0) is 43.8 Å². The van der Waals surface area contributed by atoms with Crippen molar-refractivity contribution in [2.24, 2.45) is 0 Å². The average Bonchev–Trinajstić information content (AvgIpc) is 2.54. The Morgan fingerprint density at radius 1 is 1.28 bits per heavy atom. The number of aromatic nitrogens is 2. The van der Waals surface area contributed by atoms with Gasteiger partial charge in [-0.15, -0.1) is 0 Å². The zero-order valence-electron chi connectivity index (χ0n) is 13.5. The number of allylic oxidation sites excluding steroid dienone is 1. The SMILES string of the molecule is CCOC(=O)C1=C(C)Oc2[nH]c(=S)[nH]c(=S)c2C1c1ccc(Cl)cc1. The van der Waals surface area contributed by atoms with Crippen LogP contribution in [0, 0.1) is 9.41 Å². The second kappa shape index (κ2) is 7.11. The second-order valence-electron chi connectivity index (χ2n) is 5.43. The van der Waals surface area contributed by atoms with Crippen LogP contribution in [0.2, 0.25) is 5.02 Å². The molecule has 0 saturated heterocycles. The minimum Gasteiger partial charge on any atom is -0.463 e. The van der Waals surface area contributed by atoms with Gasteiger partial charge in [0.2, 0.25) is 5.88 Å². The van der Waals surface area contributed by atoms with Crippen LogP contribution in [0.1, 0.15) is 30.9 Å². The van der Waals surface area contributed by atoms with Crippen molar-refractivity contribution in [1.29, 1.82) is 0 Å². The van der Waals surface area contributed by atoms with Gasteiger partial charge in [-0.1, -0.05) is 36.0 Å². The van der Waals surface area contributed by atoms with Gasteiger partial charge in [-0.2, -0.15) is 0 Å². The van der Waals surface area contributed by atoms with Crippen molar-refractivity contribution in [2.75, 3.05) is 6.61 Å². The smallest absolute Gasteiger partial charge is 0.338 e. The number of H-pyrrole nitrogens is 2. The summed E-state index contributed by atoms with van der Waals surface area (Å²) in [5.41, 5.74) is 1.89. The fourth-order valence-corrected chi connectivity index (χ4v) is 3.53. The van der Waals surface area contributed by atoms with Gasteiger partial charge in [-0.3, -0.25) is 0 Å². The zero-order chi connectivity index (χ0) is 18.1. The van der Waals surface area contributed by atoms with E-state index in [0.717, 1.165) is 5.56 Å². The molecule has 1 unspecified atom stereocenters. The molecule has 5 nitrogen and oxygen atoms in total. The summed E-state index contributed by atoms with van der Waals surface area (Å²) in [6.45, 7) is 3.74. The molecule has 0 amide bonds. The lowest BCUT2D eigenvalue weighted by Gasteiger charge is -2.28. The lowest BCUT2D eigenvalue weighted by molar-refractivity contribution is -0.139. The number of esters is 1. The Hall–Kier alpha value is -1.96. The summed E-state index contributed by atoms with van der Waals surface area (Å²) in [4.78, 5) is 18.5. The van der Waals surface area contributed by atoms with Crippen molar-refractivity contribution >= 4 is 42.0 Å². The first-order valence-electron chi connectivity index (χ1n) is 7.60. The highest BCUT2D eigenvalue weighted by molar-refractivity contribution is 7.72. The van der Waals surface area contributed by atoms with Crippen molar-refractivity contribution in [3.05, 3.63) is 61.2 Å². The van der Waals surface area contributed by atoms with Crippen LogP contribution in [0.25, 0.3) is 0 Å². The molecule has 1 aromatic carbocycles. The first kappa shape index (κ1) is 17.8. The van der Waals surface area contributed by atoms with Crippen LogP contribution < -0.4 is 4.74 Å². The molecule has 1 aliphatic heterocycles. The van der Waals surface area contributed by atoms with Crippen LogP contribution in [-0.2, 0) is 9.53 Å². The van der Waals surface area contributed by atoms with E-state index in [0.29, 0.717) is 37.2 Å². The monoisotopic (exact) mass is 394 g/mol. The molecule has 2 heterocycles. The third-order valence-electron chi connectivity index (χ3n) is 3.85. The summed E-state index contributed by atoms with van der Waals surface area (Å²) in [6, 6.07) is 7.24. The van der Waals surface area contributed by atoms with Crippen molar-refractivity contribution in [1.82, 2.24) is 9.97 Å². The molecule has 0 spiro atoms. The minimum absolute atomic E-state index is 0.264. The normalized spacial score (nSPS) is 16.2. The summed E-state index contributed by atoms with van der Waals surface area (Å²) in [7, 11) is 0. The molecule has 8 heteroatoms. The first-order valence-corrected chi connectivity index (χ1v) is 8.79. The topological polar surface area (TPSA) is 67.1 Å². The standard InChI is InChI=1S/C17H15ClN2O3S2/c1-3-22-16(21)11-8(2)23-14-13(15(24)20-17(25)19-14)12(11)9-4-6-10(18)7-5-9/h4-7,12H,3H2,1-2H3,(H2,19,20,24,25). The molecule has 0 saturated carbocycles. The molecule has 2 N–H and O–H groups in total. The minimum atomic E-state index is -0.448. The summed E-state index contributed by atoms with van der Waals surface area (Å²) in [5, 5.41) is 0.604. The summed E-state index contributed by atoms with van der Waals surface area (Å²) in [6.07, 6.45) is 0. The van der Waals surface area contributed by atoms with Gasteiger partial charge in [0.25, 0.3) is 0 Å². The number of hydrogen-bond acceptors (Lipinski definition) is 5. The molecule has 25 heavy (non-hydrogen) atoms. The lowest BCUT2D eigenvalue weighted by Crippen LogP contribution is -2.24. The number of fused-ring (bicyclic) bond motifs is 1. The highest BCUT2D eigenvalue weighted by Crippen LogP contribution is 2.43. The number of rotatable bonds is 3. The van der Waals surface area contributed by atoms with Crippen molar-refractivity contribution in [2.45, 2.75) is 19.8 Å². The maximum Gasteiger partial charge on any atom is 0.338 e. The van der Waals surface area contributed by atoms with Gasteiger partial charge < -0.3 is 19.4 Å². The summed E-state index contributed by atoms with van der Waals surface area (Å²) in [5.74, 6) is -0.0190. The van der Waals surface area contributed by atoms with Crippen LogP contribution >= 0.6 is 36.0 Å². The number of aromatic amines is 2. The average molecular weight is 395 g/mol. The first-order chi connectivity index (χ1) is 11.9. The van der Waals surface area contributed by atoms with Crippen LogP contribution in [0.3, 0.4) is 0 Å². The molecule has 3 rings (SSSR count). The van der Waals surface area contributed by atoms with Crippen molar-refractivity contribution in [3.8, 4) is 5.88 Å². The third kappa shape index (κ3) is 3.40. The maximum absolute atomic E-state index is 12.6. The molecular formula is C17H15ClN2O3S2. The van der Waals surface area contributed by atoms with Crippen LogP contribution in [0.4, 0.5) is 0 Å². The number of hydrogen-bond donors (Lipinski definition) is 2. The van der Waals surface area contributed by atoms with Crippen LogP contribution in [0.5, 0.6) is 5.88 Å². The van der Waals surface area contributed by atoms with E-state index in [1.807, 2.05) is 12.1 Å². The summed E-state index contributed by atoms with van der Waals surface area (Å²) >= 11 is 16.6. The van der Waals surface area contributed by atoms with Crippen LogP contribution in [0.15, 0.2) is 35.6 Å². The molecule has 1 aliphatic rings.